The van der Waals surface area contributed by atoms with Gasteiger partial charge >= 0.3 is 5.69 Å². The first-order valence-electron chi connectivity index (χ1n) is 8.32. The number of para-hydroxylation sites is 1. The van der Waals surface area contributed by atoms with Crippen LogP contribution in [0.15, 0.2) is 66.7 Å². The predicted octanol–water partition coefficient (Wildman–Crippen LogP) is 5.71. The van der Waals surface area contributed by atoms with E-state index in [-0.39, 0.29) is 27.2 Å². The molecule has 9 heteroatoms. The molecule has 1 amide bonds. The van der Waals surface area contributed by atoms with E-state index in [0.29, 0.717) is 11.4 Å². The maximum Gasteiger partial charge on any atom is 0.314 e. The fourth-order valence-electron chi connectivity index (χ4n) is 2.38. The molecule has 0 fully saturated rings. The van der Waals surface area contributed by atoms with Gasteiger partial charge in [0.1, 0.15) is 11.5 Å². The highest BCUT2D eigenvalue weighted by atomic mass is 35.5. The molecule has 0 heterocycles. The topological polar surface area (TPSA) is 90.7 Å². The van der Waals surface area contributed by atoms with Gasteiger partial charge in [0.25, 0.3) is 5.91 Å². The maximum absolute atomic E-state index is 12.1. The quantitative estimate of drug-likeness (QED) is 0.381. The number of nitro benzene ring substituents is 1. The van der Waals surface area contributed by atoms with Gasteiger partial charge in [-0.15, -0.1) is 0 Å². The summed E-state index contributed by atoms with van der Waals surface area (Å²) >= 11 is 11.9. The van der Waals surface area contributed by atoms with Crippen LogP contribution in [-0.4, -0.2) is 17.4 Å². The van der Waals surface area contributed by atoms with E-state index in [1.165, 1.54) is 18.2 Å². The lowest BCUT2D eigenvalue weighted by molar-refractivity contribution is -0.385. The van der Waals surface area contributed by atoms with Crippen LogP contribution in [0.3, 0.4) is 0 Å². The number of hydrogen-bond acceptors (Lipinski definition) is 5. The van der Waals surface area contributed by atoms with Crippen molar-refractivity contribution in [1.29, 1.82) is 0 Å². The van der Waals surface area contributed by atoms with Crippen molar-refractivity contribution in [3.05, 3.63) is 86.9 Å². The fourth-order valence-corrected chi connectivity index (χ4v) is 2.73. The lowest BCUT2D eigenvalue weighted by Crippen LogP contribution is -2.20. The van der Waals surface area contributed by atoms with Gasteiger partial charge in [-0.05, 0) is 36.4 Å². The predicted molar refractivity (Wildman–Crippen MR) is 110 cm³/mol. The van der Waals surface area contributed by atoms with E-state index < -0.39 is 17.4 Å². The molecule has 0 unspecified atom stereocenters. The van der Waals surface area contributed by atoms with Crippen molar-refractivity contribution in [3.8, 4) is 17.2 Å². The van der Waals surface area contributed by atoms with Crippen LogP contribution >= 0.6 is 23.2 Å². The second-order valence-electron chi connectivity index (χ2n) is 5.74. The van der Waals surface area contributed by atoms with E-state index in [1.807, 2.05) is 6.07 Å². The van der Waals surface area contributed by atoms with Crippen molar-refractivity contribution >= 4 is 40.5 Å². The lowest BCUT2D eigenvalue weighted by atomic mass is 10.2. The van der Waals surface area contributed by atoms with E-state index in [0.717, 1.165) is 0 Å². The molecule has 0 atom stereocenters. The Morgan fingerprint density at radius 3 is 2.48 bits per heavy atom. The van der Waals surface area contributed by atoms with Crippen molar-refractivity contribution in [1.82, 2.24) is 0 Å². The van der Waals surface area contributed by atoms with Crippen molar-refractivity contribution in [2.24, 2.45) is 0 Å². The third-order valence-corrected chi connectivity index (χ3v) is 4.51. The van der Waals surface area contributed by atoms with Crippen LogP contribution in [0.2, 0.25) is 10.0 Å². The minimum Gasteiger partial charge on any atom is -0.477 e. The molecular weight excluding hydrogens is 419 g/mol. The van der Waals surface area contributed by atoms with Gasteiger partial charge in [-0.2, -0.15) is 0 Å². The number of nitro groups is 1. The molecule has 0 aromatic heterocycles. The van der Waals surface area contributed by atoms with Crippen LogP contribution in [0.5, 0.6) is 17.2 Å². The Morgan fingerprint density at radius 1 is 1.00 bits per heavy atom. The molecule has 0 saturated carbocycles. The van der Waals surface area contributed by atoms with E-state index in [4.69, 9.17) is 32.7 Å². The zero-order valence-corrected chi connectivity index (χ0v) is 16.3. The highest BCUT2D eigenvalue weighted by Gasteiger charge is 2.18. The third kappa shape index (κ3) is 5.37. The standard InChI is InChI=1S/C20H14Cl2N2O5/c21-15-7-4-8-16(20(15)22)23-19(25)12-28-18-10-9-14(11-17(18)24(26)27)29-13-5-2-1-3-6-13/h1-11H,12H2,(H,23,25). The van der Waals surface area contributed by atoms with Gasteiger partial charge in [0, 0.05) is 0 Å². The number of ether oxygens (including phenoxy) is 2. The van der Waals surface area contributed by atoms with Gasteiger partial charge in [-0.1, -0.05) is 47.5 Å². The third-order valence-electron chi connectivity index (χ3n) is 3.69. The summed E-state index contributed by atoms with van der Waals surface area (Å²) in [6.07, 6.45) is 0. The highest BCUT2D eigenvalue weighted by molar-refractivity contribution is 6.44. The molecule has 0 spiro atoms. The molecule has 3 aromatic carbocycles. The number of carbonyl (C=O) groups excluding carboxylic acids is 1. The molecule has 0 saturated heterocycles. The summed E-state index contributed by atoms with van der Waals surface area (Å²) in [5.74, 6) is 0.189. The molecule has 0 aliphatic heterocycles. The number of benzene rings is 3. The Balaban J connectivity index is 1.69. The minimum atomic E-state index is -0.612. The number of nitrogens with one attached hydrogen (secondary N) is 1. The smallest absolute Gasteiger partial charge is 0.314 e. The van der Waals surface area contributed by atoms with Crippen LogP contribution < -0.4 is 14.8 Å². The van der Waals surface area contributed by atoms with Crippen molar-refractivity contribution in [2.75, 3.05) is 11.9 Å². The summed E-state index contributed by atoms with van der Waals surface area (Å²) in [7, 11) is 0. The van der Waals surface area contributed by atoms with Crippen LogP contribution in [0.1, 0.15) is 0 Å². The molecule has 7 nitrogen and oxygen atoms in total. The molecule has 0 bridgehead atoms. The molecule has 29 heavy (non-hydrogen) atoms. The van der Waals surface area contributed by atoms with Crippen molar-refractivity contribution in [3.63, 3.8) is 0 Å². The van der Waals surface area contributed by atoms with E-state index in [2.05, 4.69) is 5.32 Å². The number of nitrogens with zero attached hydrogens (tertiary/aromatic N) is 1. The molecule has 0 aliphatic carbocycles. The fraction of sp³-hybridized carbons (Fsp3) is 0.0500. The SMILES string of the molecule is O=C(COc1ccc(Oc2ccccc2)cc1[N+](=O)[O-])Nc1cccc(Cl)c1Cl. The zero-order chi connectivity index (χ0) is 20.8. The maximum atomic E-state index is 12.1. The molecule has 3 rings (SSSR count). The van der Waals surface area contributed by atoms with E-state index >= 15 is 0 Å². The largest absolute Gasteiger partial charge is 0.477 e. The normalized spacial score (nSPS) is 10.3. The summed E-state index contributed by atoms with van der Waals surface area (Å²) in [4.78, 5) is 22.9. The highest BCUT2D eigenvalue weighted by Crippen LogP contribution is 2.33. The minimum absolute atomic E-state index is 0.0669. The first-order valence-corrected chi connectivity index (χ1v) is 9.07. The Morgan fingerprint density at radius 2 is 1.76 bits per heavy atom. The monoisotopic (exact) mass is 432 g/mol. The summed E-state index contributed by atoms with van der Waals surface area (Å²) in [5.41, 5.74) is -0.0131. The van der Waals surface area contributed by atoms with Gasteiger partial charge in [0.05, 0.1) is 26.7 Å². The summed E-state index contributed by atoms with van der Waals surface area (Å²) in [6.45, 7) is -0.456. The Kier molecular flexibility index (Phi) is 6.54. The zero-order valence-electron chi connectivity index (χ0n) is 14.8. The van der Waals surface area contributed by atoms with Crippen LogP contribution in [0.25, 0.3) is 0 Å². The summed E-state index contributed by atoms with van der Waals surface area (Å²) < 4.78 is 10.9. The summed E-state index contributed by atoms with van der Waals surface area (Å²) in [6, 6.07) is 17.7. The van der Waals surface area contributed by atoms with Gasteiger partial charge in [0.2, 0.25) is 0 Å². The number of carbonyl (C=O) groups is 1. The molecule has 0 radical (unpaired) electrons. The van der Waals surface area contributed by atoms with E-state index in [1.54, 1.807) is 42.5 Å². The van der Waals surface area contributed by atoms with Gasteiger partial charge in [0.15, 0.2) is 12.4 Å². The van der Waals surface area contributed by atoms with Crippen LogP contribution in [0.4, 0.5) is 11.4 Å². The van der Waals surface area contributed by atoms with Crippen LogP contribution in [0, 0.1) is 10.1 Å². The second-order valence-corrected chi connectivity index (χ2v) is 6.53. The second kappa shape index (κ2) is 9.27. The van der Waals surface area contributed by atoms with Crippen molar-refractivity contribution in [2.45, 2.75) is 0 Å². The Bertz CT molecular complexity index is 1040. The van der Waals surface area contributed by atoms with Gasteiger partial charge in [-0.3, -0.25) is 14.9 Å². The average molecular weight is 433 g/mol. The summed E-state index contributed by atoms with van der Waals surface area (Å²) in [5, 5.41) is 14.4. The molecule has 148 valence electrons. The lowest BCUT2D eigenvalue weighted by Gasteiger charge is -2.11. The first-order chi connectivity index (χ1) is 13.9. The average Bonchev–Trinajstić information content (AvgIpc) is 2.71. The van der Waals surface area contributed by atoms with Crippen molar-refractivity contribution < 1.29 is 19.2 Å². The number of rotatable bonds is 7. The Labute approximate surface area is 175 Å². The molecule has 1 N–H and O–H groups in total. The van der Waals surface area contributed by atoms with Gasteiger partial charge in [-0.25, -0.2) is 0 Å². The molecule has 0 aliphatic rings. The van der Waals surface area contributed by atoms with E-state index in [9.17, 15) is 14.9 Å². The number of anilines is 1. The number of halogens is 2. The first kappa shape index (κ1) is 20.4. The number of hydrogen-bond donors (Lipinski definition) is 1. The van der Waals surface area contributed by atoms with Crippen LogP contribution in [-0.2, 0) is 4.79 Å². The number of amides is 1. The molecular formula is C20H14Cl2N2O5. The van der Waals surface area contributed by atoms with Gasteiger partial charge < -0.3 is 14.8 Å². The Hall–Kier alpha value is -3.29. The molecule has 3 aromatic rings.